The van der Waals surface area contributed by atoms with Crippen LogP contribution in [0.5, 0.6) is 0 Å². The molecule has 0 aliphatic carbocycles. The number of β-amino-alcohol motifs (C(OH)–C–C–N with tert-alkyl or cyclic N) is 1. The van der Waals surface area contributed by atoms with Gasteiger partial charge in [0.25, 0.3) is 0 Å². The predicted molar refractivity (Wildman–Crippen MR) is 62.2 cm³/mol. The van der Waals surface area contributed by atoms with Crippen LogP contribution in [0, 0.1) is 0 Å². The first-order valence-corrected chi connectivity index (χ1v) is 6.01. The van der Waals surface area contributed by atoms with E-state index in [0.29, 0.717) is 13.0 Å². The highest BCUT2D eigenvalue weighted by Crippen LogP contribution is 2.31. The third-order valence-electron chi connectivity index (χ3n) is 3.16. The number of likely N-dealkylation sites (tertiary alicyclic amines) is 1. The zero-order chi connectivity index (χ0) is 14.0. The SMILES string of the molecule is O=C1CCCN1CC(O)c1cccc(C(F)(F)F)c1. The molecule has 2 rings (SSSR count). The molecule has 1 heterocycles. The molecular formula is C13H14F3NO2. The Morgan fingerprint density at radius 2 is 2.11 bits per heavy atom. The molecule has 0 radical (unpaired) electrons. The fourth-order valence-electron chi connectivity index (χ4n) is 2.13. The van der Waals surface area contributed by atoms with Crippen LogP contribution >= 0.6 is 0 Å². The molecule has 1 saturated heterocycles. The molecule has 1 aromatic rings. The molecule has 0 aromatic heterocycles. The van der Waals surface area contributed by atoms with E-state index in [1.165, 1.54) is 17.0 Å². The average molecular weight is 273 g/mol. The van der Waals surface area contributed by atoms with Crippen LogP contribution < -0.4 is 0 Å². The van der Waals surface area contributed by atoms with Gasteiger partial charge in [-0.3, -0.25) is 4.79 Å². The zero-order valence-electron chi connectivity index (χ0n) is 10.2. The number of carbonyl (C=O) groups is 1. The fraction of sp³-hybridized carbons (Fsp3) is 0.462. The summed E-state index contributed by atoms with van der Waals surface area (Å²) in [5.74, 6) is -0.0639. The van der Waals surface area contributed by atoms with E-state index < -0.39 is 17.8 Å². The van der Waals surface area contributed by atoms with Crippen molar-refractivity contribution in [2.24, 2.45) is 0 Å². The average Bonchev–Trinajstić information content (AvgIpc) is 2.74. The standard InChI is InChI=1S/C13H14F3NO2/c14-13(15,16)10-4-1-3-9(7-10)11(18)8-17-6-2-5-12(17)19/h1,3-4,7,11,18H,2,5-6,8H2. The highest BCUT2D eigenvalue weighted by molar-refractivity contribution is 5.78. The minimum atomic E-state index is -4.43. The Bertz CT molecular complexity index is 473. The molecule has 0 spiro atoms. The summed E-state index contributed by atoms with van der Waals surface area (Å²) in [7, 11) is 0. The first-order valence-electron chi connectivity index (χ1n) is 6.01. The molecule has 0 saturated carbocycles. The number of benzene rings is 1. The second-order valence-electron chi connectivity index (χ2n) is 4.58. The zero-order valence-corrected chi connectivity index (χ0v) is 10.2. The number of aliphatic hydroxyl groups excluding tert-OH is 1. The number of amides is 1. The Labute approximate surface area is 108 Å². The number of halogens is 3. The van der Waals surface area contributed by atoms with E-state index >= 15 is 0 Å². The molecule has 1 atom stereocenters. The maximum Gasteiger partial charge on any atom is 0.416 e. The lowest BCUT2D eigenvalue weighted by Gasteiger charge is -2.20. The van der Waals surface area contributed by atoms with Crippen molar-refractivity contribution in [3.8, 4) is 0 Å². The summed E-state index contributed by atoms with van der Waals surface area (Å²) >= 11 is 0. The summed E-state index contributed by atoms with van der Waals surface area (Å²) in [6.45, 7) is 0.592. The third kappa shape index (κ3) is 3.26. The highest BCUT2D eigenvalue weighted by Gasteiger charge is 2.31. The van der Waals surface area contributed by atoms with Crippen molar-refractivity contribution in [3.63, 3.8) is 0 Å². The summed E-state index contributed by atoms with van der Waals surface area (Å²) in [6.07, 6.45) is -4.35. The number of alkyl halides is 3. The number of carbonyl (C=O) groups excluding carboxylic acids is 1. The molecule has 1 amide bonds. The molecule has 104 valence electrons. The lowest BCUT2D eigenvalue weighted by atomic mass is 10.1. The summed E-state index contributed by atoms with van der Waals surface area (Å²) in [5, 5.41) is 9.93. The van der Waals surface area contributed by atoms with Crippen molar-refractivity contribution >= 4 is 5.91 Å². The summed E-state index contributed by atoms with van der Waals surface area (Å²) in [6, 6.07) is 4.57. The predicted octanol–water partition coefficient (Wildman–Crippen LogP) is 2.36. The lowest BCUT2D eigenvalue weighted by molar-refractivity contribution is -0.137. The van der Waals surface area contributed by atoms with Gasteiger partial charge >= 0.3 is 6.18 Å². The van der Waals surface area contributed by atoms with Crippen LogP contribution in [0.1, 0.15) is 30.1 Å². The number of hydrogen-bond donors (Lipinski definition) is 1. The lowest BCUT2D eigenvalue weighted by Crippen LogP contribution is -2.29. The maximum absolute atomic E-state index is 12.6. The van der Waals surface area contributed by atoms with Gasteiger partial charge in [0.15, 0.2) is 0 Å². The van der Waals surface area contributed by atoms with Gasteiger partial charge in [-0.1, -0.05) is 12.1 Å². The van der Waals surface area contributed by atoms with E-state index in [-0.39, 0.29) is 18.0 Å². The van der Waals surface area contributed by atoms with Gasteiger partial charge in [0.1, 0.15) is 0 Å². The largest absolute Gasteiger partial charge is 0.416 e. The summed E-state index contributed by atoms with van der Waals surface area (Å²) in [4.78, 5) is 12.9. The third-order valence-corrected chi connectivity index (χ3v) is 3.16. The minimum absolute atomic E-state index is 0.0418. The van der Waals surface area contributed by atoms with Crippen LogP contribution in [-0.2, 0) is 11.0 Å². The van der Waals surface area contributed by atoms with Crippen molar-refractivity contribution in [1.29, 1.82) is 0 Å². The van der Waals surface area contributed by atoms with Crippen LogP contribution in [0.4, 0.5) is 13.2 Å². The van der Waals surface area contributed by atoms with Gasteiger partial charge in [-0.05, 0) is 24.1 Å². The van der Waals surface area contributed by atoms with Crippen molar-refractivity contribution in [2.75, 3.05) is 13.1 Å². The monoisotopic (exact) mass is 273 g/mol. The second-order valence-corrected chi connectivity index (χ2v) is 4.58. The Morgan fingerprint density at radius 1 is 1.37 bits per heavy atom. The first kappa shape index (κ1) is 13.9. The van der Waals surface area contributed by atoms with Gasteiger partial charge in [0, 0.05) is 13.0 Å². The topological polar surface area (TPSA) is 40.5 Å². The number of rotatable bonds is 3. The molecule has 3 nitrogen and oxygen atoms in total. The van der Waals surface area contributed by atoms with E-state index in [2.05, 4.69) is 0 Å². The molecule has 1 fully saturated rings. The Hall–Kier alpha value is -1.56. The Balaban J connectivity index is 2.10. The first-order chi connectivity index (χ1) is 8.88. The Kier molecular flexibility index (Phi) is 3.80. The van der Waals surface area contributed by atoms with Crippen LogP contribution in [0.15, 0.2) is 24.3 Å². The van der Waals surface area contributed by atoms with E-state index in [1.807, 2.05) is 0 Å². The number of nitrogens with zero attached hydrogens (tertiary/aromatic N) is 1. The van der Waals surface area contributed by atoms with Crippen LogP contribution in [-0.4, -0.2) is 29.0 Å². The van der Waals surface area contributed by atoms with Crippen molar-refractivity contribution < 1.29 is 23.1 Å². The molecule has 1 N–H and O–H groups in total. The highest BCUT2D eigenvalue weighted by atomic mass is 19.4. The molecule has 1 aliphatic rings. The smallest absolute Gasteiger partial charge is 0.387 e. The van der Waals surface area contributed by atoms with E-state index in [4.69, 9.17) is 0 Å². The second kappa shape index (κ2) is 5.21. The fourth-order valence-corrected chi connectivity index (χ4v) is 2.13. The van der Waals surface area contributed by atoms with Gasteiger partial charge < -0.3 is 10.0 Å². The van der Waals surface area contributed by atoms with Gasteiger partial charge in [0.2, 0.25) is 5.91 Å². The molecule has 0 bridgehead atoms. The normalized spacial score (nSPS) is 17.9. The van der Waals surface area contributed by atoms with Gasteiger partial charge in [0.05, 0.1) is 18.2 Å². The van der Waals surface area contributed by atoms with Crippen molar-refractivity contribution in [1.82, 2.24) is 4.90 Å². The summed E-state index contributed by atoms with van der Waals surface area (Å²) in [5.41, 5.74) is -0.619. The molecule has 6 heteroatoms. The summed E-state index contributed by atoms with van der Waals surface area (Å²) < 4.78 is 37.7. The maximum atomic E-state index is 12.6. The van der Waals surface area contributed by atoms with E-state index in [9.17, 15) is 23.1 Å². The van der Waals surface area contributed by atoms with Crippen LogP contribution in [0.25, 0.3) is 0 Å². The van der Waals surface area contributed by atoms with E-state index in [1.54, 1.807) is 0 Å². The van der Waals surface area contributed by atoms with Gasteiger partial charge in [-0.15, -0.1) is 0 Å². The Morgan fingerprint density at radius 3 is 2.68 bits per heavy atom. The van der Waals surface area contributed by atoms with Crippen molar-refractivity contribution in [2.45, 2.75) is 25.1 Å². The van der Waals surface area contributed by atoms with E-state index in [0.717, 1.165) is 18.6 Å². The molecule has 1 aliphatic heterocycles. The van der Waals surface area contributed by atoms with Gasteiger partial charge in [-0.25, -0.2) is 0 Å². The number of aliphatic hydroxyl groups is 1. The molecule has 19 heavy (non-hydrogen) atoms. The molecule has 1 unspecified atom stereocenters. The molecule has 1 aromatic carbocycles. The van der Waals surface area contributed by atoms with Crippen LogP contribution in [0.3, 0.4) is 0 Å². The van der Waals surface area contributed by atoms with Crippen LogP contribution in [0.2, 0.25) is 0 Å². The van der Waals surface area contributed by atoms with Crippen molar-refractivity contribution in [3.05, 3.63) is 35.4 Å². The van der Waals surface area contributed by atoms with Gasteiger partial charge in [-0.2, -0.15) is 13.2 Å². The molecular weight excluding hydrogens is 259 g/mol. The number of hydrogen-bond acceptors (Lipinski definition) is 2. The quantitative estimate of drug-likeness (QED) is 0.918. The minimum Gasteiger partial charge on any atom is -0.387 e.